The number of rotatable bonds is 2. The molecule has 92 valence electrons. The normalized spacial score (nSPS) is 25.3. The molecular formula is C11H19ClN2O2. The van der Waals surface area contributed by atoms with E-state index in [2.05, 4.69) is 19.2 Å². The van der Waals surface area contributed by atoms with Crippen LogP contribution in [0.5, 0.6) is 0 Å². The second-order valence-corrected chi connectivity index (χ2v) is 5.02. The molecule has 4 nitrogen and oxygen atoms in total. The van der Waals surface area contributed by atoms with Crippen LogP contribution in [0.15, 0.2) is 0 Å². The van der Waals surface area contributed by atoms with Gasteiger partial charge in [0.1, 0.15) is 0 Å². The van der Waals surface area contributed by atoms with Crippen LogP contribution in [-0.2, 0) is 4.79 Å². The molecule has 0 aromatic carbocycles. The third-order valence-corrected chi connectivity index (χ3v) is 2.91. The smallest absolute Gasteiger partial charge is 0.324 e. The van der Waals surface area contributed by atoms with Gasteiger partial charge in [0, 0.05) is 25.4 Å². The van der Waals surface area contributed by atoms with Gasteiger partial charge in [0.05, 0.1) is 0 Å². The van der Waals surface area contributed by atoms with Crippen molar-refractivity contribution in [2.24, 2.45) is 11.8 Å². The van der Waals surface area contributed by atoms with E-state index in [-0.39, 0.29) is 24.2 Å². The van der Waals surface area contributed by atoms with Crippen molar-refractivity contribution in [2.75, 3.05) is 19.0 Å². The summed E-state index contributed by atoms with van der Waals surface area (Å²) in [7, 11) is 0. The number of piperidine rings is 1. The van der Waals surface area contributed by atoms with Crippen molar-refractivity contribution in [3.8, 4) is 0 Å². The minimum absolute atomic E-state index is 0.187. The van der Waals surface area contributed by atoms with Gasteiger partial charge in [0.15, 0.2) is 0 Å². The molecule has 0 saturated carbocycles. The number of imide groups is 1. The molecule has 1 N–H and O–H groups in total. The van der Waals surface area contributed by atoms with Crippen molar-refractivity contribution in [1.82, 2.24) is 10.2 Å². The van der Waals surface area contributed by atoms with Crippen LogP contribution in [0.25, 0.3) is 0 Å². The van der Waals surface area contributed by atoms with Gasteiger partial charge >= 0.3 is 6.03 Å². The van der Waals surface area contributed by atoms with Crippen LogP contribution in [0, 0.1) is 11.8 Å². The first-order chi connectivity index (χ1) is 7.52. The number of hydrogen-bond acceptors (Lipinski definition) is 2. The Bertz CT molecular complexity index is 261. The van der Waals surface area contributed by atoms with Gasteiger partial charge < -0.3 is 4.90 Å². The average Bonchev–Trinajstić information content (AvgIpc) is 2.16. The topological polar surface area (TPSA) is 49.4 Å². The van der Waals surface area contributed by atoms with E-state index in [1.54, 1.807) is 4.90 Å². The van der Waals surface area contributed by atoms with Crippen molar-refractivity contribution in [1.29, 1.82) is 0 Å². The summed E-state index contributed by atoms with van der Waals surface area (Å²) < 4.78 is 0. The van der Waals surface area contributed by atoms with Crippen LogP contribution in [0.4, 0.5) is 4.79 Å². The molecule has 1 heterocycles. The number of hydrogen-bond donors (Lipinski definition) is 1. The molecule has 5 heteroatoms. The number of nitrogens with zero attached hydrogens (tertiary/aromatic N) is 1. The third-order valence-electron chi connectivity index (χ3n) is 2.72. The van der Waals surface area contributed by atoms with Crippen molar-refractivity contribution < 1.29 is 9.59 Å². The molecule has 0 aromatic heterocycles. The van der Waals surface area contributed by atoms with Crippen LogP contribution in [0.1, 0.15) is 26.7 Å². The van der Waals surface area contributed by atoms with Gasteiger partial charge in [-0.25, -0.2) is 4.79 Å². The average molecular weight is 247 g/mol. The molecule has 0 radical (unpaired) electrons. The first-order valence-electron chi connectivity index (χ1n) is 5.67. The summed E-state index contributed by atoms with van der Waals surface area (Å²) in [5, 5.41) is 2.36. The first-order valence-corrected chi connectivity index (χ1v) is 6.21. The lowest BCUT2D eigenvalue weighted by atomic mass is 9.92. The number of urea groups is 1. The summed E-state index contributed by atoms with van der Waals surface area (Å²) in [4.78, 5) is 24.7. The lowest BCUT2D eigenvalue weighted by Crippen LogP contribution is -2.49. The maximum Gasteiger partial charge on any atom is 0.324 e. The molecule has 2 unspecified atom stereocenters. The Kier molecular flexibility index (Phi) is 5.06. The lowest BCUT2D eigenvalue weighted by Gasteiger charge is -2.34. The Morgan fingerprint density at radius 2 is 1.88 bits per heavy atom. The zero-order chi connectivity index (χ0) is 12.1. The van der Waals surface area contributed by atoms with Gasteiger partial charge in [-0.1, -0.05) is 13.8 Å². The molecule has 1 fully saturated rings. The van der Waals surface area contributed by atoms with Crippen LogP contribution < -0.4 is 5.32 Å². The molecule has 16 heavy (non-hydrogen) atoms. The Morgan fingerprint density at radius 1 is 1.31 bits per heavy atom. The van der Waals surface area contributed by atoms with Crippen molar-refractivity contribution in [3.05, 3.63) is 0 Å². The minimum atomic E-state index is -0.300. The van der Waals surface area contributed by atoms with E-state index in [0.29, 0.717) is 11.8 Å². The monoisotopic (exact) mass is 246 g/mol. The number of halogens is 1. The highest BCUT2D eigenvalue weighted by Crippen LogP contribution is 2.20. The highest BCUT2D eigenvalue weighted by Gasteiger charge is 2.25. The molecule has 1 rings (SSSR count). The van der Waals surface area contributed by atoms with E-state index in [1.165, 1.54) is 0 Å². The van der Waals surface area contributed by atoms with E-state index < -0.39 is 0 Å². The molecule has 0 spiro atoms. The van der Waals surface area contributed by atoms with Crippen LogP contribution in [-0.4, -0.2) is 35.8 Å². The van der Waals surface area contributed by atoms with Gasteiger partial charge in [-0.05, 0) is 18.3 Å². The zero-order valence-electron chi connectivity index (χ0n) is 9.83. The molecule has 0 bridgehead atoms. The van der Waals surface area contributed by atoms with Gasteiger partial charge in [-0.2, -0.15) is 0 Å². The Hall–Kier alpha value is -0.770. The standard InChI is InChI=1S/C11H19ClN2O2/c1-8-5-9(2)7-14(6-8)11(16)13-10(15)3-4-12/h8-9H,3-7H2,1-2H3,(H,13,15,16). The molecule has 2 atom stereocenters. The van der Waals surface area contributed by atoms with Crippen LogP contribution in [0.3, 0.4) is 0 Å². The number of likely N-dealkylation sites (tertiary alicyclic amines) is 1. The van der Waals surface area contributed by atoms with Crippen molar-refractivity contribution in [3.63, 3.8) is 0 Å². The van der Waals surface area contributed by atoms with Crippen LogP contribution >= 0.6 is 11.6 Å². The summed E-state index contributed by atoms with van der Waals surface area (Å²) >= 11 is 5.43. The number of amides is 3. The van der Waals surface area contributed by atoms with Gasteiger partial charge in [0.2, 0.25) is 5.91 Å². The second kappa shape index (κ2) is 6.09. The fourth-order valence-corrected chi connectivity index (χ4v) is 2.35. The second-order valence-electron chi connectivity index (χ2n) is 4.64. The highest BCUT2D eigenvalue weighted by atomic mass is 35.5. The lowest BCUT2D eigenvalue weighted by molar-refractivity contribution is -0.119. The fourth-order valence-electron chi connectivity index (χ4n) is 2.18. The summed E-state index contributed by atoms with van der Waals surface area (Å²) in [6.45, 7) is 5.70. The summed E-state index contributed by atoms with van der Waals surface area (Å²) in [6.07, 6.45) is 1.33. The third kappa shape index (κ3) is 4.00. The zero-order valence-corrected chi connectivity index (χ0v) is 10.6. The summed E-state index contributed by atoms with van der Waals surface area (Å²) in [5.41, 5.74) is 0. The maximum absolute atomic E-state index is 11.7. The predicted molar refractivity (Wildman–Crippen MR) is 63.4 cm³/mol. The Balaban J connectivity index is 2.44. The van der Waals surface area contributed by atoms with E-state index in [9.17, 15) is 9.59 Å². The van der Waals surface area contributed by atoms with Gasteiger partial charge in [0.25, 0.3) is 0 Å². The first kappa shape index (κ1) is 13.3. The van der Waals surface area contributed by atoms with Crippen molar-refractivity contribution >= 4 is 23.5 Å². The quantitative estimate of drug-likeness (QED) is 0.756. The Morgan fingerprint density at radius 3 is 2.38 bits per heavy atom. The molecular weight excluding hydrogens is 228 g/mol. The van der Waals surface area contributed by atoms with Crippen LogP contribution in [0.2, 0.25) is 0 Å². The Labute approximate surface area is 101 Å². The van der Waals surface area contributed by atoms with E-state index >= 15 is 0 Å². The van der Waals surface area contributed by atoms with E-state index in [0.717, 1.165) is 19.5 Å². The number of alkyl halides is 1. The maximum atomic E-state index is 11.7. The molecule has 1 saturated heterocycles. The number of carbonyl (C=O) groups is 2. The van der Waals surface area contributed by atoms with E-state index in [4.69, 9.17) is 11.6 Å². The SMILES string of the molecule is CC1CC(C)CN(C(=O)NC(=O)CCCl)C1. The molecule has 0 aromatic rings. The highest BCUT2D eigenvalue weighted by molar-refractivity contribution is 6.19. The minimum Gasteiger partial charge on any atom is -0.324 e. The summed E-state index contributed by atoms with van der Waals surface area (Å²) in [5.74, 6) is 0.937. The largest absolute Gasteiger partial charge is 0.324 e. The molecule has 0 aliphatic carbocycles. The summed E-state index contributed by atoms with van der Waals surface area (Å²) in [6, 6.07) is -0.284. The molecule has 1 aliphatic rings. The van der Waals surface area contributed by atoms with Gasteiger partial charge in [-0.3, -0.25) is 10.1 Å². The molecule has 1 aliphatic heterocycles. The fraction of sp³-hybridized carbons (Fsp3) is 0.818. The number of nitrogens with one attached hydrogen (secondary N) is 1. The van der Waals surface area contributed by atoms with Gasteiger partial charge in [-0.15, -0.1) is 11.6 Å². The number of carbonyl (C=O) groups excluding carboxylic acids is 2. The molecule has 3 amide bonds. The van der Waals surface area contributed by atoms with E-state index in [1.807, 2.05) is 0 Å². The van der Waals surface area contributed by atoms with Crippen molar-refractivity contribution in [2.45, 2.75) is 26.7 Å². The predicted octanol–water partition coefficient (Wildman–Crippen LogP) is 1.83.